The molecule has 5 nitrogen and oxygen atoms in total. The van der Waals surface area contributed by atoms with Crippen molar-refractivity contribution in [2.24, 2.45) is 0 Å². The van der Waals surface area contributed by atoms with Gasteiger partial charge in [-0.2, -0.15) is 0 Å². The summed E-state index contributed by atoms with van der Waals surface area (Å²) < 4.78 is 0. The highest BCUT2D eigenvalue weighted by molar-refractivity contribution is 6.36. The maximum atomic E-state index is 12.0. The number of anilines is 2. The van der Waals surface area contributed by atoms with Crippen molar-refractivity contribution in [1.29, 1.82) is 0 Å². The smallest absolute Gasteiger partial charge is 0.251 e. The van der Waals surface area contributed by atoms with E-state index in [1.807, 2.05) is 0 Å². The number of hydrogen-bond donors (Lipinski definition) is 3. The van der Waals surface area contributed by atoms with Crippen LogP contribution in [0.4, 0.5) is 11.4 Å². The van der Waals surface area contributed by atoms with Crippen LogP contribution in [0.25, 0.3) is 0 Å². The Balaban J connectivity index is 1.83. The van der Waals surface area contributed by atoms with Gasteiger partial charge in [0.15, 0.2) is 0 Å². The summed E-state index contributed by atoms with van der Waals surface area (Å²) in [5.74, 6) is -0.337. The molecule has 2 aromatic carbocycles. The van der Waals surface area contributed by atoms with Gasteiger partial charge in [-0.1, -0.05) is 36.5 Å². The molecule has 0 aliphatic rings. The number of nitrogens with one attached hydrogen (secondary N) is 3. The van der Waals surface area contributed by atoms with Crippen molar-refractivity contribution >= 4 is 46.4 Å². The molecule has 2 aromatic rings. The summed E-state index contributed by atoms with van der Waals surface area (Å²) >= 11 is 11.9. The molecule has 0 unspecified atom stereocenters. The Morgan fingerprint density at radius 1 is 1.04 bits per heavy atom. The first-order chi connectivity index (χ1) is 12.5. The number of carbonyl (C=O) groups excluding carboxylic acids is 2. The molecule has 0 atom stereocenters. The Bertz CT molecular complexity index is 764. The van der Waals surface area contributed by atoms with Crippen LogP contribution in [0.3, 0.4) is 0 Å². The average Bonchev–Trinajstić information content (AvgIpc) is 2.63. The third-order valence-corrected chi connectivity index (χ3v) is 4.17. The lowest BCUT2D eigenvalue weighted by Gasteiger charge is -2.10. The SMILES string of the molecule is CCCCNC(=O)c1ccc(NCC(=O)Nc2ccc(Cl)cc2Cl)cc1. The number of hydrogen-bond acceptors (Lipinski definition) is 3. The third kappa shape index (κ3) is 6.24. The highest BCUT2D eigenvalue weighted by Crippen LogP contribution is 2.25. The molecule has 3 N–H and O–H groups in total. The van der Waals surface area contributed by atoms with Gasteiger partial charge >= 0.3 is 0 Å². The second kappa shape index (κ2) is 10.0. The average molecular weight is 394 g/mol. The van der Waals surface area contributed by atoms with Crippen LogP contribution in [0.1, 0.15) is 30.1 Å². The van der Waals surface area contributed by atoms with E-state index in [9.17, 15) is 9.59 Å². The fourth-order valence-electron chi connectivity index (χ4n) is 2.19. The molecule has 0 aliphatic heterocycles. The summed E-state index contributed by atoms with van der Waals surface area (Å²) in [6.45, 7) is 2.81. The molecule has 0 radical (unpaired) electrons. The molecule has 0 heterocycles. The van der Waals surface area contributed by atoms with Gasteiger partial charge in [-0.3, -0.25) is 9.59 Å². The maximum absolute atomic E-state index is 12.0. The highest BCUT2D eigenvalue weighted by atomic mass is 35.5. The quantitative estimate of drug-likeness (QED) is 0.575. The van der Waals surface area contributed by atoms with Crippen LogP contribution in [-0.2, 0) is 4.79 Å². The van der Waals surface area contributed by atoms with Crippen LogP contribution in [0, 0.1) is 0 Å². The van der Waals surface area contributed by atoms with E-state index in [0.717, 1.165) is 18.5 Å². The van der Waals surface area contributed by atoms with E-state index >= 15 is 0 Å². The van der Waals surface area contributed by atoms with Crippen molar-refractivity contribution in [3.05, 3.63) is 58.1 Å². The van der Waals surface area contributed by atoms with Gasteiger partial charge in [0.05, 0.1) is 17.3 Å². The van der Waals surface area contributed by atoms with Gasteiger partial charge in [0.1, 0.15) is 0 Å². The Hall–Kier alpha value is -2.24. The number of benzene rings is 2. The summed E-state index contributed by atoms with van der Waals surface area (Å²) in [5.41, 5.74) is 1.83. The zero-order chi connectivity index (χ0) is 18.9. The maximum Gasteiger partial charge on any atom is 0.251 e. The number of halogens is 2. The van der Waals surface area contributed by atoms with Gasteiger partial charge in [-0.25, -0.2) is 0 Å². The van der Waals surface area contributed by atoms with Gasteiger partial charge in [-0.15, -0.1) is 0 Å². The molecule has 7 heteroatoms. The van der Waals surface area contributed by atoms with Crippen molar-refractivity contribution in [1.82, 2.24) is 5.32 Å². The molecule has 0 saturated carbocycles. The first-order valence-corrected chi connectivity index (χ1v) is 9.12. The minimum Gasteiger partial charge on any atom is -0.376 e. The summed E-state index contributed by atoms with van der Waals surface area (Å²) in [5, 5.41) is 9.46. The minimum absolute atomic E-state index is 0.0704. The number of carbonyl (C=O) groups is 2. The monoisotopic (exact) mass is 393 g/mol. The molecular weight excluding hydrogens is 373 g/mol. The third-order valence-electron chi connectivity index (χ3n) is 3.62. The lowest BCUT2D eigenvalue weighted by molar-refractivity contribution is -0.114. The zero-order valence-electron chi connectivity index (χ0n) is 14.4. The number of unbranched alkanes of at least 4 members (excludes halogenated alkanes) is 1. The van der Waals surface area contributed by atoms with E-state index in [-0.39, 0.29) is 18.4 Å². The summed E-state index contributed by atoms with van der Waals surface area (Å²) in [7, 11) is 0. The number of amides is 2. The molecular formula is C19H21Cl2N3O2. The molecule has 0 aliphatic carbocycles. The van der Waals surface area contributed by atoms with Crippen molar-refractivity contribution < 1.29 is 9.59 Å². The van der Waals surface area contributed by atoms with E-state index in [0.29, 0.717) is 27.8 Å². The van der Waals surface area contributed by atoms with Gasteiger partial charge in [0.25, 0.3) is 5.91 Å². The molecule has 0 fully saturated rings. The van der Waals surface area contributed by atoms with E-state index in [4.69, 9.17) is 23.2 Å². The highest BCUT2D eigenvalue weighted by Gasteiger charge is 2.07. The van der Waals surface area contributed by atoms with Gasteiger partial charge in [0.2, 0.25) is 5.91 Å². The van der Waals surface area contributed by atoms with E-state index in [2.05, 4.69) is 22.9 Å². The Kier molecular flexibility index (Phi) is 7.75. The van der Waals surface area contributed by atoms with Crippen molar-refractivity contribution in [3.63, 3.8) is 0 Å². The second-order valence-corrected chi connectivity index (χ2v) is 6.56. The van der Waals surface area contributed by atoms with Crippen LogP contribution in [-0.4, -0.2) is 24.9 Å². The van der Waals surface area contributed by atoms with Gasteiger partial charge < -0.3 is 16.0 Å². The Morgan fingerprint density at radius 2 is 1.77 bits per heavy atom. The predicted octanol–water partition coefficient (Wildman–Crippen LogP) is 4.57. The topological polar surface area (TPSA) is 70.2 Å². The van der Waals surface area contributed by atoms with E-state index in [1.54, 1.807) is 42.5 Å². The minimum atomic E-state index is -0.240. The first kappa shape index (κ1) is 20.1. The first-order valence-electron chi connectivity index (χ1n) is 8.36. The summed E-state index contributed by atoms with van der Waals surface area (Å²) in [6, 6.07) is 11.8. The Labute approximate surface area is 163 Å². The summed E-state index contributed by atoms with van der Waals surface area (Å²) in [6.07, 6.45) is 1.99. The van der Waals surface area contributed by atoms with Crippen molar-refractivity contribution in [3.8, 4) is 0 Å². The number of rotatable bonds is 8. The van der Waals surface area contributed by atoms with Gasteiger partial charge in [-0.05, 0) is 48.9 Å². The van der Waals surface area contributed by atoms with Crippen LogP contribution in [0.15, 0.2) is 42.5 Å². The van der Waals surface area contributed by atoms with E-state index in [1.165, 1.54) is 0 Å². The van der Waals surface area contributed by atoms with E-state index < -0.39 is 0 Å². The fourth-order valence-corrected chi connectivity index (χ4v) is 2.64. The van der Waals surface area contributed by atoms with Crippen molar-refractivity contribution in [2.45, 2.75) is 19.8 Å². The lowest BCUT2D eigenvalue weighted by atomic mass is 10.2. The molecule has 26 heavy (non-hydrogen) atoms. The molecule has 2 rings (SSSR count). The molecule has 2 amide bonds. The molecule has 0 aromatic heterocycles. The summed E-state index contributed by atoms with van der Waals surface area (Å²) in [4.78, 5) is 24.0. The molecule has 0 bridgehead atoms. The lowest BCUT2D eigenvalue weighted by Crippen LogP contribution is -2.24. The van der Waals surface area contributed by atoms with Crippen LogP contribution >= 0.6 is 23.2 Å². The Morgan fingerprint density at radius 3 is 2.42 bits per heavy atom. The largest absolute Gasteiger partial charge is 0.376 e. The fraction of sp³-hybridized carbons (Fsp3) is 0.263. The second-order valence-electron chi connectivity index (χ2n) is 5.71. The van der Waals surface area contributed by atoms with Gasteiger partial charge in [0, 0.05) is 22.8 Å². The van der Waals surface area contributed by atoms with Crippen LogP contribution < -0.4 is 16.0 Å². The normalized spacial score (nSPS) is 10.3. The molecule has 138 valence electrons. The van der Waals surface area contributed by atoms with Crippen LogP contribution in [0.2, 0.25) is 10.0 Å². The van der Waals surface area contributed by atoms with Crippen molar-refractivity contribution in [2.75, 3.05) is 23.7 Å². The zero-order valence-corrected chi connectivity index (χ0v) is 16.0. The predicted molar refractivity (Wildman–Crippen MR) is 107 cm³/mol. The standard InChI is InChI=1S/C19H21Cl2N3O2/c1-2-3-10-22-19(26)13-4-7-15(8-5-13)23-12-18(25)24-17-9-6-14(20)11-16(17)21/h4-9,11,23H,2-3,10,12H2,1H3,(H,22,26)(H,24,25). The molecule has 0 spiro atoms. The van der Waals surface area contributed by atoms with Crippen LogP contribution in [0.5, 0.6) is 0 Å². The molecule has 0 saturated heterocycles.